The fourth-order valence-corrected chi connectivity index (χ4v) is 0.931. The van der Waals surface area contributed by atoms with E-state index in [1.165, 1.54) is 0 Å². The minimum absolute atomic E-state index is 0.524. The van der Waals surface area contributed by atoms with Crippen LogP contribution in [0.2, 0.25) is 0 Å². The van der Waals surface area contributed by atoms with E-state index in [4.69, 9.17) is 4.42 Å². The predicted octanol–water partition coefficient (Wildman–Crippen LogP) is 0.663. The Morgan fingerprint density at radius 2 is 2.60 bits per heavy atom. The van der Waals surface area contributed by atoms with Gasteiger partial charge in [-0.3, -0.25) is 0 Å². The van der Waals surface area contributed by atoms with Gasteiger partial charge in [0.05, 0.1) is 12.8 Å². The summed E-state index contributed by atoms with van der Waals surface area (Å²) in [4.78, 5) is 0. The number of furan rings is 1. The van der Waals surface area contributed by atoms with Crippen molar-refractivity contribution in [2.45, 2.75) is 6.54 Å². The second-order valence-electron chi connectivity index (χ2n) is 1.85. The molecule has 0 aliphatic carbocycles. The van der Waals surface area contributed by atoms with Crippen LogP contribution >= 0.6 is 0 Å². The molecule has 1 aromatic heterocycles. The Bertz CT molecular complexity index is 174. The van der Waals surface area contributed by atoms with Crippen molar-refractivity contribution >= 4 is 11.4 Å². The predicted molar refractivity (Wildman–Crippen MR) is 39.6 cm³/mol. The first-order valence-electron chi connectivity index (χ1n) is 2.88. The quantitative estimate of drug-likeness (QED) is 0.659. The molecule has 1 aromatic rings. The molecule has 1 unspecified atom stereocenters. The van der Waals surface area contributed by atoms with E-state index >= 15 is 0 Å². The zero-order valence-electron chi connectivity index (χ0n) is 5.66. The zero-order chi connectivity index (χ0) is 7.40. The summed E-state index contributed by atoms with van der Waals surface area (Å²) in [5.41, 5.74) is 0. The molecule has 0 amide bonds. The molecule has 0 bridgehead atoms. The van der Waals surface area contributed by atoms with Gasteiger partial charge in [0.1, 0.15) is 12.0 Å². The van der Waals surface area contributed by atoms with E-state index in [2.05, 4.69) is 4.72 Å². The van der Waals surface area contributed by atoms with Gasteiger partial charge in [-0.2, -0.15) is 0 Å². The fourth-order valence-electron chi connectivity index (χ4n) is 0.586. The lowest BCUT2D eigenvalue weighted by Crippen LogP contribution is -2.20. The maximum absolute atomic E-state index is 10.5. The van der Waals surface area contributed by atoms with Crippen LogP contribution in [0.4, 0.5) is 0 Å². The van der Waals surface area contributed by atoms with Gasteiger partial charge in [-0.25, -0.2) is 0 Å². The maximum Gasteiger partial charge on any atom is 0.122 e. The zero-order valence-corrected chi connectivity index (χ0v) is 6.48. The van der Waals surface area contributed by atoms with Crippen LogP contribution < -0.4 is 4.72 Å². The summed E-state index contributed by atoms with van der Waals surface area (Å²) in [5, 5.41) is 0. The van der Waals surface area contributed by atoms with Gasteiger partial charge in [0.25, 0.3) is 0 Å². The van der Waals surface area contributed by atoms with Crippen molar-refractivity contribution in [3.8, 4) is 0 Å². The van der Waals surface area contributed by atoms with Crippen molar-refractivity contribution < 1.29 is 8.97 Å². The molecular formula is C6H9NO2S. The van der Waals surface area contributed by atoms with Gasteiger partial charge < -0.3 is 8.97 Å². The third-order valence-electron chi connectivity index (χ3n) is 1.03. The maximum atomic E-state index is 10.5. The number of hydrogen-bond acceptors (Lipinski definition) is 3. The van der Waals surface area contributed by atoms with E-state index in [-0.39, 0.29) is 0 Å². The van der Waals surface area contributed by atoms with Crippen molar-refractivity contribution in [3.05, 3.63) is 24.2 Å². The van der Waals surface area contributed by atoms with Crippen molar-refractivity contribution in [1.82, 2.24) is 4.72 Å². The van der Waals surface area contributed by atoms with Crippen LogP contribution in [-0.4, -0.2) is 10.8 Å². The van der Waals surface area contributed by atoms with E-state index in [1.807, 2.05) is 6.07 Å². The SMILES string of the molecule is C[S+]([O-])NCc1ccco1. The molecule has 0 aliphatic rings. The van der Waals surface area contributed by atoms with Gasteiger partial charge in [0, 0.05) is 11.4 Å². The Labute approximate surface area is 62.7 Å². The van der Waals surface area contributed by atoms with Crippen molar-refractivity contribution in [2.24, 2.45) is 0 Å². The molecule has 10 heavy (non-hydrogen) atoms. The van der Waals surface area contributed by atoms with Crippen LogP contribution in [0.25, 0.3) is 0 Å². The molecular weight excluding hydrogens is 150 g/mol. The second kappa shape index (κ2) is 3.65. The van der Waals surface area contributed by atoms with Crippen LogP contribution in [0.1, 0.15) is 5.76 Å². The van der Waals surface area contributed by atoms with E-state index in [0.717, 1.165) is 5.76 Å². The number of hydrogen-bond donors (Lipinski definition) is 1. The number of rotatable bonds is 3. The third kappa shape index (κ3) is 2.43. The first-order valence-corrected chi connectivity index (χ1v) is 4.44. The molecule has 0 saturated heterocycles. The highest BCUT2D eigenvalue weighted by Gasteiger charge is 1.98. The molecule has 1 atom stereocenters. The Hall–Kier alpha value is -0.450. The average molecular weight is 159 g/mol. The molecule has 0 spiro atoms. The lowest BCUT2D eigenvalue weighted by Gasteiger charge is -2.02. The van der Waals surface area contributed by atoms with Crippen molar-refractivity contribution in [2.75, 3.05) is 6.26 Å². The monoisotopic (exact) mass is 159 g/mol. The summed E-state index contributed by atoms with van der Waals surface area (Å²) in [6.07, 6.45) is 3.18. The summed E-state index contributed by atoms with van der Waals surface area (Å²) in [6, 6.07) is 3.63. The molecule has 0 aromatic carbocycles. The summed E-state index contributed by atoms with van der Waals surface area (Å²) >= 11 is -0.960. The molecule has 1 N–H and O–H groups in total. The minimum Gasteiger partial charge on any atom is -0.598 e. The highest BCUT2D eigenvalue weighted by molar-refractivity contribution is 7.88. The normalized spacial score (nSPS) is 13.4. The first-order chi connectivity index (χ1) is 4.79. The smallest absolute Gasteiger partial charge is 0.122 e. The summed E-state index contributed by atoms with van der Waals surface area (Å²) < 4.78 is 18.2. The van der Waals surface area contributed by atoms with Gasteiger partial charge >= 0.3 is 0 Å². The van der Waals surface area contributed by atoms with Gasteiger partial charge in [-0.15, -0.1) is 4.72 Å². The Morgan fingerprint density at radius 1 is 1.80 bits per heavy atom. The summed E-state index contributed by atoms with van der Waals surface area (Å²) in [7, 11) is 0. The lowest BCUT2D eigenvalue weighted by molar-refractivity contribution is 0.499. The molecule has 1 rings (SSSR count). The lowest BCUT2D eigenvalue weighted by atomic mass is 10.5. The van der Waals surface area contributed by atoms with Gasteiger partial charge in [0.15, 0.2) is 0 Å². The molecule has 4 heteroatoms. The van der Waals surface area contributed by atoms with E-state index in [9.17, 15) is 4.55 Å². The molecule has 0 saturated carbocycles. The standard InChI is InChI=1S/C6H9NO2S/c1-10(8)7-5-6-3-2-4-9-6/h2-4,7H,5H2,1H3. The van der Waals surface area contributed by atoms with E-state index in [0.29, 0.717) is 6.54 Å². The molecule has 0 fully saturated rings. The third-order valence-corrected chi connectivity index (χ3v) is 1.58. The van der Waals surface area contributed by atoms with Crippen LogP contribution in [0.15, 0.2) is 22.8 Å². The van der Waals surface area contributed by atoms with Gasteiger partial charge in [-0.05, 0) is 12.1 Å². The Morgan fingerprint density at radius 3 is 3.10 bits per heavy atom. The molecule has 3 nitrogen and oxygen atoms in total. The van der Waals surface area contributed by atoms with Crippen molar-refractivity contribution in [1.29, 1.82) is 0 Å². The first kappa shape index (κ1) is 7.65. The Balaban J connectivity index is 2.28. The average Bonchev–Trinajstić information content (AvgIpc) is 2.34. The summed E-state index contributed by atoms with van der Waals surface area (Å²) in [6.45, 7) is 0.524. The van der Waals surface area contributed by atoms with Crippen LogP contribution in [0, 0.1) is 0 Å². The fraction of sp³-hybridized carbons (Fsp3) is 0.333. The van der Waals surface area contributed by atoms with Crippen LogP contribution in [0.5, 0.6) is 0 Å². The van der Waals surface area contributed by atoms with E-state index < -0.39 is 11.4 Å². The summed E-state index contributed by atoms with van der Waals surface area (Å²) in [5.74, 6) is 0.801. The van der Waals surface area contributed by atoms with Crippen molar-refractivity contribution in [3.63, 3.8) is 0 Å². The van der Waals surface area contributed by atoms with Crippen LogP contribution in [0.3, 0.4) is 0 Å². The molecule has 0 aliphatic heterocycles. The largest absolute Gasteiger partial charge is 0.598 e. The molecule has 0 radical (unpaired) electrons. The highest BCUT2D eigenvalue weighted by Crippen LogP contribution is 1.98. The van der Waals surface area contributed by atoms with Gasteiger partial charge in [0.2, 0.25) is 0 Å². The van der Waals surface area contributed by atoms with Gasteiger partial charge in [-0.1, -0.05) is 0 Å². The minimum atomic E-state index is -0.960. The second-order valence-corrected chi connectivity index (χ2v) is 3.05. The molecule has 56 valence electrons. The highest BCUT2D eigenvalue weighted by atomic mass is 32.2. The molecule has 1 heterocycles. The Kier molecular flexibility index (Phi) is 2.80. The number of nitrogens with one attached hydrogen (secondary N) is 1. The van der Waals surface area contributed by atoms with E-state index in [1.54, 1.807) is 18.6 Å². The topological polar surface area (TPSA) is 48.2 Å². The van der Waals surface area contributed by atoms with Crippen LogP contribution in [-0.2, 0) is 17.9 Å².